The average molecular weight is 558 g/mol. The normalized spacial score (nSPS) is 11.9. The van der Waals surface area contributed by atoms with Gasteiger partial charge in [-0.3, -0.25) is 0 Å². The standard InChI is InChI=1S/C38H23NS2/c1-2-8-28(9-3-1)39-33-12-6-4-11-30(33)38-37(39)32-23-27(19-21-36(32)41-38)25-16-14-24(15-17-25)26-18-20-35-31(22-26)29-10-5-7-13-34(29)40-35/h1-23H. The van der Waals surface area contributed by atoms with Crippen LogP contribution < -0.4 is 0 Å². The quantitative estimate of drug-likeness (QED) is 0.204. The molecule has 0 saturated carbocycles. The van der Waals surface area contributed by atoms with Crippen molar-refractivity contribution in [2.45, 2.75) is 0 Å². The summed E-state index contributed by atoms with van der Waals surface area (Å²) in [6.07, 6.45) is 0. The van der Waals surface area contributed by atoms with Gasteiger partial charge >= 0.3 is 0 Å². The van der Waals surface area contributed by atoms with E-state index in [2.05, 4.69) is 144 Å². The predicted octanol–water partition coefficient (Wildman–Crippen LogP) is 11.7. The van der Waals surface area contributed by atoms with E-state index in [0.717, 1.165) is 0 Å². The van der Waals surface area contributed by atoms with E-state index in [1.54, 1.807) is 0 Å². The third-order valence-electron chi connectivity index (χ3n) is 8.22. The highest BCUT2D eigenvalue weighted by Gasteiger charge is 2.18. The molecule has 3 heterocycles. The summed E-state index contributed by atoms with van der Waals surface area (Å²) in [7, 11) is 0. The fourth-order valence-corrected chi connectivity index (χ4v) is 8.54. The summed E-state index contributed by atoms with van der Waals surface area (Å²) in [5, 5.41) is 5.30. The van der Waals surface area contributed by atoms with Crippen molar-refractivity contribution in [2.24, 2.45) is 0 Å². The highest BCUT2D eigenvalue weighted by atomic mass is 32.1. The second kappa shape index (κ2) is 8.90. The molecule has 9 aromatic rings. The number of para-hydroxylation sites is 2. The summed E-state index contributed by atoms with van der Waals surface area (Å²) in [5.74, 6) is 0. The molecular weight excluding hydrogens is 535 g/mol. The first-order valence-electron chi connectivity index (χ1n) is 13.9. The molecule has 0 bridgehead atoms. The van der Waals surface area contributed by atoms with Crippen LogP contribution in [0.3, 0.4) is 0 Å². The maximum atomic E-state index is 2.43. The maximum absolute atomic E-state index is 2.43. The molecule has 3 aromatic heterocycles. The topological polar surface area (TPSA) is 4.93 Å². The molecule has 192 valence electrons. The lowest BCUT2D eigenvalue weighted by Gasteiger charge is -2.09. The summed E-state index contributed by atoms with van der Waals surface area (Å²) in [6, 6.07) is 51.1. The fourth-order valence-electron chi connectivity index (χ4n) is 6.26. The van der Waals surface area contributed by atoms with Gasteiger partial charge < -0.3 is 4.57 Å². The van der Waals surface area contributed by atoms with E-state index in [4.69, 9.17) is 0 Å². The van der Waals surface area contributed by atoms with Crippen LogP contribution in [-0.4, -0.2) is 4.57 Å². The molecule has 41 heavy (non-hydrogen) atoms. The van der Waals surface area contributed by atoms with Crippen LogP contribution in [0.4, 0.5) is 0 Å². The van der Waals surface area contributed by atoms with Gasteiger partial charge in [-0.05, 0) is 70.8 Å². The average Bonchev–Trinajstić information content (AvgIpc) is 3.70. The van der Waals surface area contributed by atoms with Crippen LogP contribution in [-0.2, 0) is 0 Å². The summed E-state index contributed by atoms with van der Waals surface area (Å²) in [6.45, 7) is 0. The van der Waals surface area contributed by atoms with Gasteiger partial charge in [-0.2, -0.15) is 0 Å². The zero-order valence-electron chi connectivity index (χ0n) is 22.0. The summed E-state index contributed by atoms with van der Waals surface area (Å²) in [5.41, 5.74) is 8.74. The molecule has 3 heteroatoms. The Labute approximate surface area is 245 Å². The van der Waals surface area contributed by atoms with E-state index < -0.39 is 0 Å². The molecule has 6 aromatic carbocycles. The fraction of sp³-hybridized carbons (Fsp3) is 0. The van der Waals surface area contributed by atoms with Gasteiger partial charge in [0.05, 0.1) is 15.7 Å². The van der Waals surface area contributed by atoms with Crippen LogP contribution >= 0.6 is 22.7 Å². The Morgan fingerprint density at radius 2 is 0.951 bits per heavy atom. The van der Waals surface area contributed by atoms with Gasteiger partial charge in [0, 0.05) is 41.3 Å². The highest BCUT2D eigenvalue weighted by Crippen LogP contribution is 2.43. The zero-order chi connectivity index (χ0) is 26.9. The Balaban J connectivity index is 1.17. The van der Waals surface area contributed by atoms with Crippen LogP contribution in [0.5, 0.6) is 0 Å². The van der Waals surface area contributed by atoms with Crippen molar-refractivity contribution in [2.75, 3.05) is 0 Å². The van der Waals surface area contributed by atoms with E-state index in [1.807, 2.05) is 22.7 Å². The SMILES string of the molecule is c1ccc(-n2c3ccccc3c3sc4ccc(-c5ccc(-c6ccc7sc8ccccc8c7c6)cc5)cc4c32)cc1. The Morgan fingerprint density at radius 3 is 1.71 bits per heavy atom. The van der Waals surface area contributed by atoms with Crippen LogP contribution in [0.1, 0.15) is 0 Å². The largest absolute Gasteiger partial charge is 0.308 e. The molecule has 0 N–H and O–H groups in total. The minimum Gasteiger partial charge on any atom is -0.308 e. The summed E-state index contributed by atoms with van der Waals surface area (Å²) in [4.78, 5) is 0. The van der Waals surface area contributed by atoms with E-state index in [0.29, 0.717) is 0 Å². The summed E-state index contributed by atoms with van der Waals surface area (Å²) < 4.78 is 7.79. The number of aromatic nitrogens is 1. The Kier molecular flexibility index (Phi) is 5.00. The van der Waals surface area contributed by atoms with Crippen molar-refractivity contribution in [3.05, 3.63) is 140 Å². The molecule has 0 aliphatic carbocycles. The van der Waals surface area contributed by atoms with E-state index in [9.17, 15) is 0 Å². The third-order valence-corrected chi connectivity index (χ3v) is 10.6. The third kappa shape index (κ3) is 3.53. The molecule has 0 aliphatic rings. The number of rotatable bonds is 3. The first-order valence-corrected chi connectivity index (χ1v) is 15.5. The smallest absolute Gasteiger partial charge is 0.0727 e. The van der Waals surface area contributed by atoms with Crippen LogP contribution in [0.15, 0.2) is 140 Å². The molecular formula is C38H23NS2. The number of hydrogen-bond acceptors (Lipinski definition) is 2. The van der Waals surface area contributed by atoms with Gasteiger partial charge in [-0.25, -0.2) is 0 Å². The Morgan fingerprint density at radius 1 is 0.390 bits per heavy atom. The van der Waals surface area contributed by atoms with Crippen molar-refractivity contribution in [1.29, 1.82) is 0 Å². The van der Waals surface area contributed by atoms with Gasteiger partial charge in [-0.15, -0.1) is 22.7 Å². The van der Waals surface area contributed by atoms with Gasteiger partial charge in [0.2, 0.25) is 0 Å². The number of nitrogens with zero attached hydrogens (tertiary/aromatic N) is 1. The predicted molar refractivity (Wildman–Crippen MR) is 180 cm³/mol. The maximum Gasteiger partial charge on any atom is 0.0727 e. The molecule has 0 saturated heterocycles. The van der Waals surface area contributed by atoms with Gasteiger partial charge in [0.25, 0.3) is 0 Å². The number of hydrogen-bond donors (Lipinski definition) is 0. The van der Waals surface area contributed by atoms with Gasteiger partial charge in [0.15, 0.2) is 0 Å². The molecule has 0 fully saturated rings. The second-order valence-electron chi connectivity index (χ2n) is 10.6. The van der Waals surface area contributed by atoms with Crippen molar-refractivity contribution >= 4 is 74.1 Å². The number of thiophene rings is 2. The lowest BCUT2D eigenvalue weighted by Crippen LogP contribution is -1.92. The minimum absolute atomic E-state index is 1.20. The van der Waals surface area contributed by atoms with Gasteiger partial charge in [-0.1, -0.05) is 91.0 Å². The molecule has 0 spiro atoms. The van der Waals surface area contributed by atoms with Crippen molar-refractivity contribution < 1.29 is 0 Å². The number of fused-ring (bicyclic) bond motifs is 8. The lowest BCUT2D eigenvalue weighted by atomic mass is 9.98. The molecule has 0 unspecified atom stereocenters. The zero-order valence-corrected chi connectivity index (χ0v) is 23.7. The van der Waals surface area contributed by atoms with Crippen LogP contribution in [0, 0.1) is 0 Å². The molecule has 9 rings (SSSR count). The van der Waals surface area contributed by atoms with Crippen LogP contribution in [0.2, 0.25) is 0 Å². The van der Waals surface area contributed by atoms with E-state index >= 15 is 0 Å². The Hall–Kier alpha value is -4.70. The molecule has 0 atom stereocenters. The number of benzene rings is 6. The lowest BCUT2D eigenvalue weighted by molar-refractivity contribution is 1.19. The molecule has 0 amide bonds. The Bertz CT molecular complexity index is 2400. The first-order chi connectivity index (χ1) is 20.3. The molecule has 1 nitrogen and oxygen atoms in total. The van der Waals surface area contributed by atoms with Crippen molar-refractivity contribution in [3.63, 3.8) is 0 Å². The molecule has 0 aliphatic heterocycles. The first kappa shape index (κ1) is 23.0. The highest BCUT2D eigenvalue weighted by molar-refractivity contribution is 7.26. The van der Waals surface area contributed by atoms with Crippen molar-refractivity contribution in [3.8, 4) is 27.9 Å². The minimum atomic E-state index is 1.20. The monoisotopic (exact) mass is 557 g/mol. The van der Waals surface area contributed by atoms with Gasteiger partial charge in [0.1, 0.15) is 0 Å². The van der Waals surface area contributed by atoms with Crippen molar-refractivity contribution in [1.82, 2.24) is 4.57 Å². The van der Waals surface area contributed by atoms with E-state index in [-0.39, 0.29) is 0 Å². The molecule has 0 radical (unpaired) electrons. The van der Waals surface area contributed by atoms with E-state index in [1.165, 1.54) is 79.3 Å². The van der Waals surface area contributed by atoms with Crippen LogP contribution in [0.25, 0.3) is 79.3 Å². The summed E-state index contributed by atoms with van der Waals surface area (Å²) >= 11 is 3.76. The second-order valence-corrected chi connectivity index (χ2v) is 12.7.